The third kappa shape index (κ3) is 3.80. The van der Waals surface area contributed by atoms with Crippen LogP contribution < -0.4 is 10.6 Å². The van der Waals surface area contributed by atoms with E-state index in [-0.39, 0.29) is 24.2 Å². The molecule has 3 rings (SSSR count). The first-order valence-corrected chi connectivity index (χ1v) is 7.59. The third-order valence-electron chi connectivity index (χ3n) is 2.86. The molecule has 0 saturated heterocycles. The molecule has 0 fully saturated rings. The fourth-order valence-electron chi connectivity index (χ4n) is 1.77. The van der Waals surface area contributed by atoms with Crippen LogP contribution in [0.3, 0.4) is 0 Å². The van der Waals surface area contributed by atoms with Gasteiger partial charge in [-0.2, -0.15) is 4.98 Å². The summed E-state index contributed by atoms with van der Waals surface area (Å²) >= 11 is 1.30. The number of carbonyl (C=O) groups excluding carboxylic acids is 2. The Hall–Kier alpha value is -3.00. The van der Waals surface area contributed by atoms with E-state index in [1.165, 1.54) is 17.6 Å². The lowest BCUT2D eigenvalue weighted by Crippen LogP contribution is -2.23. The van der Waals surface area contributed by atoms with Crippen molar-refractivity contribution in [1.29, 1.82) is 0 Å². The lowest BCUT2D eigenvalue weighted by Gasteiger charge is -2.01. The predicted molar refractivity (Wildman–Crippen MR) is 84.2 cm³/mol. The monoisotopic (exact) mass is 328 g/mol. The first-order chi connectivity index (χ1) is 11.2. The van der Waals surface area contributed by atoms with Crippen molar-refractivity contribution in [2.75, 3.05) is 5.32 Å². The van der Waals surface area contributed by atoms with Crippen molar-refractivity contribution in [1.82, 2.24) is 15.3 Å². The zero-order chi connectivity index (χ0) is 16.1. The maximum absolute atomic E-state index is 12.0. The summed E-state index contributed by atoms with van der Waals surface area (Å²) in [5.74, 6) is -0.738. The lowest BCUT2D eigenvalue weighted by atomic mass is 10.3. The van der Waals surface area contributed by atoms with Gasteiger partial charge in [0, 0.05) is 6.20 Å². The van der Waals surface area contributed by atoms with Gasteiger partial charge in [0.05, 0.1) is 17.1 Å². The van der Waals surface area contributed by atoms with Crippen molar-refractivity contribution in [3.8, 4) is 0 Å². The summed E-state index contributed by atoms with van der Waals surface area (Å²) in [5.41, 5.74) is 0.818. The maximum Gasteiger partial charge on any atom is 0.302 e. The molecule has 0 atom stereocenters. The summed E-state index contributed by atoms with van der Waals surface area (Å²) in [4.78, 5) is 32.4. The van der Waals surface area contributed by atoms with Gasteiger partial charge in [0.25, 0.3) is 11.8 Å². The van der Waals surface area contributed by atoms with Crippen LogP contribution in [0.2, 0.25) is 0 Å². The minimum Gasteiger partial charge on any atom is -0.431 e. The molecule has 0 unspecified atom stereocenters. The standard InChI is InChI=1S/C15H12N4O3S/c20-13(17-8-10-4-1-2-6-16-10)11-9-22-15(18-11)19-14(21)12-5-3-7-23-12/h1-7,9H,8H2,(H,17,20)(H,18,19,21). The molecule has 0 aromatic carbocycles. The number of oxazole rings is 1. The van der Waals surface area contributed by atoms with E-state index < -0.39 is 5.91 Å². The minimum absolute atomic E-state index is 0.0219. The maximum atomic E-state index is 12.0. The van der Waals surface area contributed by atoms with Gasteiger partial charge in [0.1, 0.15) is 6.26 Å². The highest BCUT2D eigenvalue weighted by molar-refractivity contribution is 7.12. The average molecular weight is 328 g/mol. The topological polar surface area (TPSA) is 97.1 Å². The highest BCUT2D eigenvalue weighted by Gasteiger charge is 2.15. The number of amides is 2. The zero-order valence-electron chi connectivity index (χ0n) is 11.9. The second-order valence-corrected chi connectivity index (χ2v) is 5.42. The molecule has 0 radical (unpaired) electrons. The van der Waals surface area contributed by atoms with Crippen molar-refractivity contribution < 1.29 is 14.0 Å². The van der Waals surface area contributed by atoms with Crippen LogP contribution in [0.15, 0.2) is 52.6 Å². The van der Waals surface area contributed by atoms with E-state index in [2.05, 4.69) is 20.6 Å². The van der Waals surface area contributed by atoms with Gasteiger partial charge < -0.3 is 9.73 Å². The number of pyridine rings is 1. The van der Waals surface area contributed by atoms with Gasteiger partial charge in [-0.05, 0) is 23.6 Å². The van der Waals surface area contributed by atoms with Crippen molar-refractivity contribution in [2.45, 2.75) is 6.54 Å². The molecule has 7 nitrogen and oxygen atoms in total. The molecule has 3 aromatic rings. The first kappa shape index (κ1) is 14.9. The molecular weight excluding hydrogens is 316 g/mol. The van der Waals surface area contributed by atoms with Crippen LogP contribution in [0.5, 0.6) is 0 Å². The van der Waals surface area contributed by atoms with Gasteiger partial charge in [-0.3, -0.25) is 19.9 Å². The number of carbonyl (C=O) groups is 2. The number of nitrogens with zero attached hydrogens (tertiary/aromatic N) is 2. The molecule has 0 saturated carbocycles. The van der Waals surface area contributed by atoms with Crippen LogP contribution in [0.1, 0.15) is 25.9 Å². The number of hydrogen-bond acceptors (Lipinski definition) is 6. The second-order valence-electron chi connectivity index (χ2n) is 4.47. The molecule has 2 N–H and O–H groups in total. The molecule has 8 heteroatoms. The highest BCUT2D eigenvalue weighted by Crippen LogP contribution is 2.13. The molecule has 0 bridgehead atoms. The number of rotatable bonds is 5. The fourth-order valence-corrected chi connectivity index (χ4v) is 2.38. The summed E-state index contributed by atoms with van der Waals surface area (Å²) < 4.78 is 5.09. The second kappa shape index (κ2) is 6.84. The molecule has 3 aromatic heterocycles. The molecule has 3 heterocycles. The van der Waals surface area contributed by atoms with Crippen LogP contribution in [0, 0.1) is 0 Å². The normalized spacial score (nSPS) is 10.3. The largest absolute Gasteiger partial charge is 0.431 e. The molecule has 2 amide bonds. The molecule has 23 heavy (non-hydrogen) atoms. The van der Waals surface area contributed by atoms with Crippen LogP contribution in [0.4, 0.5) is 6.01 Å². The molecule has 0 aliphatic heterocycles. The molecule has 0 aliphatic carbocycles. The van der Waals surface area contributed by atoms with Crippen LogP contribution in [-0.4, -0.2) is 21.8 Å². The quantitative estimate of drug-likeness (QED) is 0.749. The molecule has 116 valence electrons. The van der Waals surface area contributed by atoms with E-state index >= 15 is 0 Å². The van der Waals surface area contributed by atoms with Crippen LogP contribution in [-0.2, 0) is 6.54 Å². The summed E-state index contributed by atoms with van der Waals surface area (Å²) in [5, 5.41) is 6.96. The van der Waals surface area contributed by atoms with Crippen LogP contribution >= 0.6 is 11.3 Å². The Morgan fingerprint density at radius 2 is 2.09 bits per heavy atom. The SMILES string of the molecule is O=C(NCc1ccccn1)c1coc(NC(=O)c2cccs2)n1. The van der Waals surface area contributed by atoms with Crippen molar-refractivity contribution in [3.05, 3.63) is 64.4 Å². The predicted octanol–water partition coefficient (Wildman–Crippen LogP) is 2.31. The lowest BCUT2D eigenvalue weighted by molar-refractivity contribution is 0.0944. The summed E-state index contributed by atoms with van der Waals surface area (Å²) in [6, 6.07) is 8.87. The number of aromatic nitrogens is 2. The zero-order valence-corrected chi connectivity index (χ0v) is 12.7. The van der Waals surface area contributed by atoms with Gasteiger partial charge in [-0.25, -0.2) is 0 Å². The van der Waals surface area contributed by atoms with E-state index in [9.17, 15) is 9.59 Å². The van der Waals surface area contributed by atoms with E-state index in [4.69, 9.17) is 4.42 Å². The van der Waals surface area contributed by atoms with Crippen molar-refractivity contribution in [3.63, 3.8) is 0 Å². The van der Waals surface area contributed by atoms with Gasteiger partial charge >= 0.3 is 6.01 Å². The highest BCUT2D eigenvalue weighted by atomic mass is 32.1. The van der Waals surface area contributed by atoms with Crippen LogP contribution in [0.25, 0.3) is 0 Å². The average Bonchev–Trinajstić information content (AvgIpc) is 3.25. The van der Waals surface area contributed by atoms with Gasteiger partial charge in [-0.15, -0.1) is 11.3 Å². The Morgan fingerprint density at radius 1 is 1.17 bits per heavy atom. The van der Waals surface area contributed by atoms with Crippen molar-refractivity contribution >= 4 is 29.2 Å². The smallest absolute Gasteiger partial charge is 0.302 e. The van der Waals surface area contributed by atoms with Gasteiger partial charge in [0.15, 0.2) is 5.69 Å². The molecule has 0 aliphatic rings. The van der Waals surface area contributed by atoms with Gasteiger partial charge in [-0.1, -0.05) is 12.1 Å². The van der Waals surface area contributed by atoms with E-state index in [1.807, 2.05) is 6.07 Å². The van der Waals surface area contributed by atoms with E-state index in [0.717, 1.165) is 5.69 Å². The Morgan fingerprint density at radius 3 is 2.83 bits per heavy atom. The minimum atomic E-state index is -0.406. The molecular formula is C15H12N4O3S. The molecule has 0 spiro atoms. The first-order valence-electron chi connectivity index (χ1n) is 6.71. The van der Waals surface area contributed by atoms with Crippen molar-refractivity contribution in [2.24, 2.45) is 0 Å². The Bertz CT molecular complexity index is 799. The Labute approximate surface area is 135 Å². The number of thiophene rings is 1. The fraction of sp³-hybridized carbons (Fsp3) is 0.0667. The number of hydrogen-bond donors (Lipinski definition) is 2. The number of nitrogens with one attached hydrogen (secondary N) is 2. The third-order valence-corrected chi connectivity index (χ3v) is 3.73. The Balaban J connectivity index is 1.58. The Kier molecular flexibility index (Phi) is 4.44. The summed E-state index contributed by atoms with van der Waals surface area (Å²) in [6.45, 7) is 0.281. The van der Waals surface area contributed by atoms with E-state index in [1.54, 1.807) is 35.8 Å². The van der Waals surface area contributed by atoms with E-state index in [0.29, 0.717) is 4.88 Å². The number of anilines is 1. The van der Waals surface area contributed by atoms with Gasteiger partial charge in [0.2, 0.25) is 0 Å². The summed E-state index contributed by atoms with van der Waals surface area (Å²) in [7, 11) is 0. The summed E-state index contributed by atoms with van der Waals surface area (Å²) in [6.07, 6.45) is 2.84.